The van der Waals surface area contributed by atoms with E-state index in [1.807, 2.05) is 0 Å². The van der Waals surface area contributed by atoms with E-state index in [1.54, 1.807) is 12.1 Å². The minimum Gasteiger partial charge on any atom is -0.492 e. The van der Waals surface area contributed by atoms with Crippen molar-refractivity contribution in [3.05, 3.63) is 65.5 Å². The van der Waals surface area contributed by atoms with Crippen molar-refractivity contribution in [1.82, 2.24) is 5.32 Å². The standard InChI is InChI=1S/C17H20FNO/c1-3-19-17(14-6-4-13(2)5-7-14)12-20-16-10-8-15(18)9-11-16/h4-11,17,19H,3,12H2,1-2H3. The summed E-state index contributed by atoms with van der Waals surface area (Å²) in [6.45, 7) is 5.52. The van der Waals surface area contributed by atoms with E-state index in [4.69, 9.17) is 4.74 Å². The van der Waals surface area contributed by atoms with Crippen LogP contribution in [0.5, 0.6) is 5.75 Å². The van der Waals surface area contributed by atoms with Crippen LogP contribution >= 0.6 is 0 Å². The molecular formula is C17H20FNO. The highest BCUT2D eigenvalue weighted by atomic mass is 19.1. The lowest BCUT2D eigenvalue weighted by Crippen LogP contribution is -2.26. The third kappa shape index (κ3) is 4.07. The Kier molecular flexibility index (Phi) is 5.13. The second-order valence-corrected chi connectivity index (χ2v) is 4.79. The van der Waals surface area contributed by atoms with E-state index < -0.39 is 0 Å². The highest BCUT2D eigenvalue weighted by molar-refractivity contribution is 5.25. The first-order valence-electron chi connectivity index (χ1n) is 6.87. The van der Waals surface area contributed by atoms with Crippen molar-refractivity contribution in [1.29, 1.82) is 0 Å². The number of halogens is 1. The zero-order valence-corrected chi connectivity index (χ0v) is 11.9. The van der Waals surface area contributed by atoms with Crippen molar-refractivity contribution in [3.63, 3.8) is 0 Å². The van der Waals surface area contributed by atoms with Crippen molar-refractivity contribution in [2.45, 2.75) is 19.9 Å². The number of nitrogens with one attached hydrogen (secondary N) is 1. The molecule has 106 valence electrons. The number of benzene rings is 2. The summed E-state index contributed by atoms with van der Waals surface area (Å²) >= 11 is 0. The molecule has 0 radical (unpaired) electrons. The van der Waals surface area contributed by atoms with Crippen LogP contribution in [0.4, 0.5) is 4.39 Å². The molecule has 0 fully saturated rings. The molecule has 2 rings (SSSR count). The predicted molar refractivity (Wildman–Crippen MR) is 79.5 cm³/mol. The quantitative estimate of drug-likeness (QED) is 0.862. The van der Waals surface area contributed by atoms with Crippen molar-refractivity contribution >= 4 is 0 Å². The van der Waals surface area contributed by atoms with Crippen molar-refractivity contribution in [2.75, 3.05) is 13.2 Å². The van der Waals surface area contributed by atoms with Gasteiger partial charge in [0.1, 0.15) is 18.2 Å². The lowest BCUT2D eigenvalue weighted by Gasteiger charge is -2.19. The van der Waals surface area contributed by atoms with E-state index in [1.165, 1.54) is 23.3 Å². The summed E-state index contributed by atoms with van der Waals surface area (Å²) in [5, 5.41) is 3.40. The number of ether oxygens (including phenoxy) is 1. The minimum absolute atomic E-state index is 0.130. The Morgan fingerprint density at radius 3 is 2.30 bits per heavy atom. The van der Waals surface area contributed by atoms with Crippen LogP contribution in [0.2, 0.25) is 0 Å². The average Bonchev–Trinajstić information content (AvgIpc) is 2.46. The highest BCUT2D eigenvalue weighted by Gasteiger charge is 2.11. The predicted octanol–water partition coefficient (Wildman–Crippen LogP) is 3.86. The lowest BCUT2D eigenvalue weighted by molar-refractivity contribution is 0.268. The maximum atomic E-state index is 12.8. The number of likely N-dealkylation sites (N-methyl/N-ethyl adjacent to an activating group) is 1. The summed E-state index contributed by atoms with van der Waals surface area (Å²) in [7, 11) is 0. The molecule has 1 unspecified atom stereocenters. The van der Waals surface area contributed by atoms with E-state index >= 15 is 0 Å². The summed E-state index contributed by atoms with van der Waals surface area (Å²) in [5.74, 6) is 0.431. The van der Waals surface area contributed by atoms with Gasteiger partial charge in [0.25, 0.3) is 0 Å². The van der Waals surface area contributed by atoms with Crippen LogP contribution in [0.3, 0.4) is 0 Å². The van der Waals surface area contributed by atoms with Crippen molar-refractivity contribution < 1.29 is 9.13 Å². The third-order valence-corrected chi connectivity index (χ3v) is 3.16. The first-order valence-corrected chi connectivity index (χ1v) is 6.87. The Morgan fingerprint density at radius 1 is 1.05 bits per heavy atom. The van der Waals surface area contributed by atoms with Gasteiger partial charge in [0, 0.05) is 0 Å². The fraction of sp³-hybridized carbons (Fsp3) is 0.294. The van der Waals surface area contributed by atoms with Gasteiger partial charge in [0.2, 0.25) is 0 Å². The van der Waals surface area contributed by atoms with Gasteiger partial charge in [0.05, 0.1) is 6.04 Å². The molecule has 0 bridgehead atoms. The van der Waals surface area contributed by atoms with Crippen LogP contribution in [0.1, 0.15) is 24.1 Å². The van der Waals surface area contributed by atoms with Gasteiger partial charge < -0.3 is 10.1 Å². The Bertz CT molecular complexity index is 522. The van der Waals surface area contributed by atoms with Gasteiger partial charge in [-0.3, -0.25) is 0 Å². The minimum atomic E-state index is -0.251. The molecule has 20 heavy (non-hydrogen) atoms. The molecule has 0 aliphatic heterocycles. The molecule has 3 heteroatoms. The molecule has 2 aromatic carbocycles. The number of rotatable bonds is 6. The van der Waals surface area contributed by atoms with Crippen LogP contribution in [0.25, 0.3) is 0 Å². The lowest BCUT2D eigenvalue weighted by atomic mass is 10.1. The number of hydrogen-bond acceptors (Lipinski definition) is 2. The molecule has 0 amide bonds. The van der Waals surface area contributed by atoms with Crippen molar-refractivity contribution in [2.24, 2.45) is 0 Å². The zero-order chi connectivity index (χ0) is 14.4. The van der Waals surface area contributed by atoms with Gasteiger partial charge in [-0.25, -0.2) is 4.39 Å². The molecule has 0 aliphatic rings. The summed E-state index contributed by atoms with van der Waals surface area (Å²) in [4.78, 5) is 0. The largest absolute Gasteiger partial charge is 0.492 e. The number of aryl methyl sites for hydroxylation is 1. The molecule has 0 saturated carbocycles. The molecule has 2 nitrogen and oxygen atoms in total. The van der Waals surface area contributed by atoms with E-state index in [0.717, 1.165) is 6.54 Å². The topological polar surface area (TPSA) is 21.3 Å². The Labute approximate surface area is 119 Å². The van der Waals surface area contributed by atoms with Crippen LogP contribution < -0.4 is 10.1 Å². The molecule has 0 spiro atoms. The van der Waals surface area contributed by atoms with E-state index in [9.17, 15) is 4.39 Å². The Hall–Kier alpha value is -1.87. The molecule has 0 aromatic heterocycles. The molecule has 0 heterocycles. The molecule has 2 aromatic rings. The molecule has 0 saturated heterocycles. The van der Waals surface area contributed by atoms with Crippen LogP contribution in [-0.4, -0.2) is 13.2 Å². The zero-order valence-electron chi connectivity index (χ0n) is 11.9. The van der Waals surface area contributed by atoms with Gasteiger partial charge in [0.15, 0.2) is 0 Å². The van der Waals surface area contributed by atoms with E-state index in [2.05, 4.69) is 43.4 Å². The fourth-order valence-electron chi connectivity index (χ4n) is 2.03. The van der Waals surface area contributed by atoms with Gasteiger partial charge in [-0.05, 0) is 43.3 Å². The first kappa shape index (κ1) is 14.5. The van der Waals surface area contributed by atoms with Crippen LogP contribution in [0, 0.1) is 12.7 Å². The molecule has 1 N–H and O–H groups in total. The van der Waals surface area contributed by atoms with Gasteiger partial charge in [-0.2, -0.15) is 0 Å². The maximum absolute atomic E-state index is 12.8. The Balaban J connectivity index is 2.02. The maximum Gasteiger partial charge on any atom is 0.123 e. The second-order valence-electron chi connectivity index (χ2n) is 4.79. The monoisotopic (exact) mass is 273 g/mol. The molecule has 0 aliphatic carbocycles. The summed E-state index contributed by atoms with van der Waals surface area (Å²) in [5.41, 5.74) is 2.43. The van der Waals surface area contributed by atoms with Crippen LogP contribution in [0.15, 0.2) is 48.5 Å². The summed E-state index contributed by atoms with van der Waals surface area (Å²) in [6.07, 6.45) is 0. The normalized spacial score (nSPS) is 12.2. The van der Waals surface area contributed by atoms with Crippen molar-refractivity contribution in [3.8, 4) is 5.75 Å². The smallest absolute Gasteiger partial charge is 0.123 e. The SMILES string of the molecule is CCNC(COc1ccc(F)cc1)c1ccc(C)cc1. The van der Waals surface area contributed by atoms with E-state index in [0.29, 0.717) is 12.4 Å². The van der Waals surface area contributed by atoms with Crippen LogP contribution in [-0.2, 0) is 0 Å². The van der Waals surface area contributed by atoms with Gasteiger partial charge in [-0.1, -0.05) is 36.8 Å². The fourth-order valence-corrected chi connectivity index (χ4v) is 2.03. The Morgan fingerprint density at radius 2 is 1.70 bits per heavy atom. The molecular weight excluding hydrogens is 253 g/mol. The first-order chi connectivity index (χ1) is 9.69. The number of hydrogen-bond donors (Lipinski definition) is 1. The second kappa shape index (κ2) is 7.06. The highest BCUT2D eigenvalue weighted by Crippen LogP contribution is 2.17. The van der Waals surface area contributed by atoms with Gasteiger partial charge >= 0.3 is 0 Å². The molecule has 1 atom stereocenters. The summed E-state index contributed by atoms with van der Waals surface area (Å²) in [6, 6.07) is 14.6. The third-order valence-electron chi connectivity index (χ3n) is 3.16. The van der Waals surface area contributed by atoms with Gasteiger partial charge in [-0.15, -0.1) is 0 Å². The average molecular weight is 273 g/mol. The summed E-state index contributed by atoms with van der Waals surface area (Å²) < 4.78 is 18.6. The van der Waals surface area contributed by atoms with E-state index in [-0.39, 0.29) is 11.9 Å².